The lowest BCUT2D eigenvalue weighted by atomic mass is 10.1. The summed E-state index contributed by atoms with van der Waals surface area (Å²) in [7, 11) is 0. The lowest BCUT2D eigenvalue weighted by Gasteiger charge is -1.99. The molecule has 1 nitrogen and oxygen atoms in total. The minimum atomic E-state index is 0.333. The molecule has 0 radical (unpaired) electrons. The van der Waals surface area contributed by atoms with Crippen molar-refractivity contribution >= 4 is 5.78 Å². The summed E-state index contributed by atoms with van der Waals surface area (Å²) in [6, 6.07) is 0. The van der Waals surface area contributed by atoms with Gasteiger partial charge < -0.3 is 0 Å². The Labute approximate surface area is 108 Å². The second-order valence-corrected chi connectivity index (χ2v) is 2.97. The van der Waals surface area contributed by atoms with Crippen molar-refractivity contribution in [2.75, 3.05) is 0 Å². The molecule has 0 aromatic rings. The van der Waals surface area contributed by atoms with Gasteiger partial charge in [-0.25, -0.2) is 0 Å². The van der Waals surface area contributed by atoms with E-state index in [0.29, 0.717) is 18.6 Å². The molecule has 0 heterocycles. The number of carbonyl (C=O) groups excluding carboxylic acids is 1. The monoisotopic (exact) mass is 238 g/mol. The van der Waals surface area contributed by atoms with Crippen LogP contribution in [0.3, 0.4) is 0 Å². The summed E-state index contributed by atoms with van der Waals surface area (Å²) in [5, 5.41) is 0. The van der Waals surface area contributed by atoms with Gasteiger partial charge in [-0.05, 0) is 18.4 Å². The van der Waals surface area contributed by atoms with Crippen molar-refractivity contribution in [1.82, 2.24) is 0 Å². The van der Waals surface area contributed by atoms with Crippen LogP contribution in [0.2, 0.25) is 0 Å². The molecule has 0 spiro atoms. The van der Waals surface area contributed by atoms with Crippen molar-refractivity contribution in [2.24, 2.45) is 0 Å². The van der Waals surface area contributed by atoms with E-state index in [1.54, 1.807) is 12.2 Å². The number of rotatable bonds is 7. The third-order valence-corrected chi connectivity index (χ3v) is 1.82. The average molecular weight is 238 g/mol. The summed E-state index contributed by atoms with van der Waals surface area (Å²) in [5.74, 6) is 0.333. The Hall–Kier alpha value is -1.11. The quantitative estimate of drug-likeness (QED) is 0.536. The first-order chi connectivity index (χ1) is 8.24. The highest BCUT2D eigenvalue weighted by Gasteiger charge is 2.00. The Bertz CT molecular complexity index is 212. The number of Topliss-reactive ketones (excluding diaryl/α,β-unsaturated/α-hetero) is 1. The van der Waals surface area contributed by atoms with Gasteiger partial charge in [0.15, 0.2) is 0 Å². The maximum atomic E-state index is 11.2. The molecular weight excluding hydrogens is 208 g/mol. The van der Waals surface area contributed by atoms with E-state index in [-0.39, 0.29) is 0 Å². The summed E-state index contributed by atoms with van der Waals surface area (Å²) >= 11 is 0. The first-order valence-corrected chi connectivity index (χ1v) is 6.70. The molecule has 0 amide bonds. The van der Waals surface area contributed by atoms with Crippen molar-refractivity contribution in [3.63, 3.8) is 0 Å². The summed E-state index contributed by atoms with van der Waals surface area (Å²) in [5.41, 5.74) is 1.08. The van der Waals surface area contributed by atoms with Gasteiger partial charge in [0.1, 0.15) is 5.78 Å². The fraction of sp³-hybridized carbons (Fsp3) is 0.562. The van der Waals surface area contributed by atoms with Crippen LogP contribution in [0.4, 0.5) is 0 Å². The van der Waals surface area contributed by atoms with E-state index in [4.69, 9.17) is 0 Å². The van der Waals surface area contributed by atoms with E-state index in [1.807, 2.05) is 40.7 Å². The molecule has 0 unspecified atom stereocenters. The Kier molecular flexibility index (Phi) is 25.3. The zero-order valence-electron chi connectivity index (χ0n) is 12.4. The molecule has 0 atom stereocenters. The minimum absolute atomic E-state index is 0.333. The fourth-order valence-corrected chi connectivity index (χ4v) is 1.09. The number of hydrogen-bond donors (Lipinski definition) is 0. The average Bonchev–Trinajstić information content (AvgIpc) is 2.39. The zero-order valence-corrected chi connectivity index (χ0v) is 12.4. The molecule has 100 valence electrons. The van der Waals surface area contributed by atoms with E-state index < -0.39 is 0 Å². The van der Waals surface area contributed by atoms with Crippen LogP contribution in [0.5, 0.6) is 0 Å². The number of allylic oxidation sites excluding steroid dienone is 4. The Morgan fingerprint density at radius 3 is 1.88 bits per heavy atom. The van der Waals surface area contributed by atoms with Gasteiger partial charge in [0.2, 0.25) is 0 Å². The lowest BCUT2D eigenvalue weighted by molar-refractivity contribution is -0.119. The smallest absolute Gasteiger partial charge is 0.133 e. The molecule has 0 aliphatic carbocycles. The van der Waals surface area contributed by atoms with Crippen LogP contribution in [0.1, 0.15) is 60.3 Å². The van der Waals surface area contributed by atoms with Gasteiger partial charge >= 0.3 is 0 Å². The van der Waals surface area contributed by atoms with Crippen LogP contribution in [-0.4, -0.2) is 5.78 Å². The van der Waals surface area contributed by atoms with Crippen LogP contribution in [0.15, 0.2) is 37.0 Å². The van der Waals surface area contributed by atoms with Crippen molar-refractivity contribution in [3.05, 3.63) is 37.0 Å². The molecule has 0 saturated heterocycles. The van der Waals surface area contributed by atoms with E-state index in [2.05, 4.69) is 13.2 Å². The Morgan fingerprint density at radius 1 is 1.00 bits per heavy atom. The van der Waals surface area contributed by atoms with Gasteiger partial charge in [-0.3, -0.25) is 4.79 Å². The molecule has 0 aliphatic heterocycles. The van der Waals surface area contributed by atoms with E-state index in [9.17, 15) is 4.79 Å². The first kappa shape index (κ1) is 21.2. The van der Waals surface area contributed by atoms with Crippen molar-refractivity contribution in [2.45, 2.75) is 60.3 Å². The maximum Gasteiger partial charge on any atom is 0.133 e. The molecule has 0 N–H and O–H groups in total. The van der Waals surface area contributed by atoms with Crippen molar-refractivity contribution in [3.8, 4) is 0 Å². The third kappa shape index (κ3) is 17.5. The van der Waals surface area contributed by atoms with Gasteiger partial charge in [0.25, 0.3) is 0 Å². The highest BCUT2D eigenvalue weighted by molar-refractivity contribution is 5.78. The molecule has 0 fully saturated rings. The molecule has 0 saturated carbocycles. The predicted octanol–water partition coefficient (Wildman–Crippen LogP) is 5.49. The van der Waals surface area contributed by atoms with Crippen LogP contribution < -0.4 is 0 Å². The van der Waals surface area contributed by atoms with Crippen molar-refractivity contribution in [1.29, 1.82) is 0 Å². The molecule has 0 aromatic heterocycles. The molecular formula is C16H30O. The van der Waals surface area contributed by atoms with Gasteiger partial charge in [-0.15, -0.1) is 0 Å². The normalized spacial score (nSPS) is 9.12. The van der Waals surface area contributed by atoms with Gasteiger partial charge in [0, 0.05) is 12.8 Å². The second kappa shape index (κ2) is 20.3. The lowest BCUT2D eigenvalue weighted by Crippen LogP contribution is -1.96. The number of hydrogen-bond acceptors (Lipinski definition) is 1. The number of ketones is 1. The predicted molar refractivity (Wildman–Crippen MR) is 80.3 cm³/mol. The first-order valence-electron chi connectivity index (χ1n) is 6.70. The zero-order chi connectivity index (χ0) is 14.1. The summed E-state index contributed by atoms with van der Waals surface area (Å²) < 4.78 is 0. The number of carbonyl (C=O) groups is 1. The molecule has 0 aromatic carbocycles. The van der Waals surface area contributed by atoms with E-state index in [0.717, 1.165) is 18.4 Å². The fourth-order valence-electron chi connectivity index (χ4n) is 1.09. The third-order valence-electron chi connectivity index (χ3n) is 1.82. The Morgan fingerprint density at radius 2 is 1.53 bits per heavy atom. The van der Waals surface area contributed by atoms with Crippen LogP contribution in [0, 0.1) is 0 Å². The summed E-state index contributed by atoms with van der Waals surface area (Å²) in [6.45, 7) is 17.3. The van der Waals surface area contributed by atoms with Gasteiger partial charge in [0.05, 0.1) is 0 Å². The Balaban J connectivity index is -0.000000439. The van der Waals surface area contributed by atoms with E-state index >= 15 is 0 Å². The standard InChI is InChI=1S/C12H18O.2C2H6/c1-4-7-11(6-3)9-10-12(13)8-5-2;2*1-2/h4,6-7H,1,3,5,8-10H2,2H3;2*1-2H3/b11-7+;;. The SMILES string of the molecule is C=C/C=C(\C=C)CCC(=O)CCC.CC.CC. The van der Waals surface area contributed by atoms with Gasteiger partial charge in [-0.2, -0.15) is 0 Å². The molecule has 0 aliphatic rings. The largest absolute Gasteiger partial charge is 0.300 e. The van der Waals surface area contributed by atoms with Crippen molar-refractivity contribution < 1.29 is 4.79 Å². The van der Waals surface area contributed by atoms with Crippen LogP contribution >= 0.6 is 0 Å². The maximum absolute atomic E-state index is 11.2. The second-order valence-electron chi connectivity index (χ2n) is 2.97. The topological polar surface area (TPSA) is 17.1 Å². The summed E-state index contributed by atoms with van der Waals surface area (Å²) in [4.78, 5) is 11.2. The van der Waals surface area contributed by atoms with Crippen LogP contribution in [0.25, 0.3) is 0 Å². The molecule has 1 heteroatoms. The molecule has 17 heavy (non-hydrogen) atoms. The van der Waals surface area contributed by atoms with Gasteiger partial charge in [-0.1, -0.05) is 66.0 Å². The molecule has 0 rings (SSSR count). The summed E-state index contributed by atoms with van der Waals surface area (Å²) in [6.07, 6.45) is 8.44. The highest BCUT2D eigenvalue weighted by atomic mass is 16.1. The van der Waals surface area contributed by atoms with E-state index in [1.165, 1.54) is 0 Å². The van der Waals surface area contributed by atoms with Crippen LogP contribution in [-0.2, 0) is 4.79 Å². The molecule has 0 bridgehead atoms. The minimum Gasteiger partial charge on any atom is -0.300 e. The highest BCUT2D eigenvalue weighted by Crippen LogP contribution is 2.08.